The lowest BCUT2D eigenvalue weighted by Crippen LogP contribution is -2.12. The molecule has 1 unspecified atom stereocenters. The fourth-order valence-corrected chi connectivity index (χ4v) is 4.68. The van der Waals surface area contributed by atoms with Crippen LogP contribution in [0.3, 0.4) is 0 Å². The summed E-state index contributed by atoms with van der Waals surface area (Å²) in [5.74, 6) is -1.75. The van der Waals surface area contributed by atoms with Crippen molar-refractivity contribution in [3.63, 3.8) is 0 Å². The Labute approximate surface area is 224 Å². The van der Waals surface area contributed by atoms with Gasteiger partial charge in [0.05, 0.1) is 63.5 Å². The predicted molar refractivity (Wildman–Crippen MR) is 142 cm³/mol. The second-order valence-electron chi connectivity index (χ2n) is 9.07. The van der Waals surface area contributed by atoms with E-state index >= 15 is 0 Å². The van der Waals surface area contributed by atoms with Crippen molar-refractivity contribution >= 4 is 16.9 Å². The molecule has 39 heavy (non-hydrogen) atoms. The minimum atomic E-state index is -0.950. The number of nitrogens with zero attached hydrogens (tertiary/aromatic N) is 3. The Morgan fingerprint density at radius 3 is 2.44 bits per heavy atom. The SMILES string of the molecule is Nc1nc(C2[N]Cc3ccccc32)c2cc(-c3cc(F)c(F)cc3COCCOCCOCCO)ccc2n1. The van der Waals surface area contributed by atoms with Crippen LogP contribution in [-0.4, -0.2) is 54.7 Å². The summed E-state index contributed by atoms with van der Waals surface area (Å²) in [6.45, 7) is 2.17. The molecule has 1 radical (unpaired) electrons. The van der Waals surface area contributed by atoms with Gasteiger partial charge in [0.2, 0.25) is 5.95 Å². The van der Waals surface area contributed by atoms with E-state index in [0.29, 0.717) is 54.3 Å². The van der Waals surface area contributed by atoms with Crippen molar-refractivity contribution in [2.45, 2.75) is 19.2 Å². The second kappa shape index (κ2) is 12.5. The number of hydrogen-bond acceptors (Lipinski definition) is 7. The summed E-state index contributed by atoms with van der Waals surface area (Å²) in [6.07, 6.45) is 0. The lowest BCUT2D eigenvalue weighted by atomic mass is 9.95. The van der Waals surface area contributed by atoms with Crippen molar-refractivity contribution in [3.05, 3.63) is 88.6 Å². The summed E-state index contributed by atoms with van der Waals surface area (Å²) in [7, 11) is 0. The number of aliphatic hydroxyl groups excluding tert-OH is 1. The molecule has 0 bridgehead atoms. The Hall–Kier alpha value is -3.54. The van der Waals surface area contributed by atoms with Gasteiger partial charge < -0.3 is 25.1 Å². The van der Waals surface area contributed by atoms with Crippen molar-refractivity contribution < 1.29 is 28.1 Å². The Bertz CT molecular complexity index is 1450. The van der Waals surface area contributed by atoms with Gasteiger partial charge in [0.25, 0.3) is 0 Å². The molecule has 5 rings (SSSR count). The van der Waals surface area contributed by atoms with Crippen molar-refractivity contribution in [1.29, 1.82) is 0 Å². The summed E-state index contributed by atoms with van der Waals surface area (Å²) >= 11 is 0. The number of anilines is 1. The Morgan fingerprint density at radius 2 is 1.62 bits per heavy atom. The monoisotopic (exact) mass is 535 g/mol. The number of ether oxygens (including phenoxy) is 3. The summed E-state index contributed by atoms with van der Waals surface area (Å²) in [5.41, 5.74) is 11.2. The van der Waals surface area contributed by atoms with E-state index in [0.717, 1.165) is 22.6 Å². The van der Waals surface area contributed by atoms with Gasteiger partial charge in [0.1, 0.15) is 0 Å². The van der Waals surface area contributed by atoms with Crippen LogP contribution in [0, 0.1) is 11.6 Å². The molecule has 2 heterocycles. The summed E-state index contributed by atoms with van der Waals surface area (Å²) < 4.78 is 44.9. The second-order valence-corrected chi connectivity index (χ2v) is 9.07. The van der Waals surface area contributed by atoms with E-state index in [2.05, 4.69) is 9.97 Å². The zero-order chi connectivity index (χ0) is 27.2. The first-order valence-corrected chi connectivity index (χ1v) is 12.7. The largest absolute Gasteiger partial charge is 0.394 e. The Balaban J connectivity index is 1.39. The third-order valence-corrected chi connectivity index (χ3v) is 6.49. The normalized spacial score (nSPS) is 14.7. The van der Waals surface area contributed by atoms with Crippen LogP contribution in [-0.2, 0) is 27.4 Å². The number of aromatic nitrogens is 2. The van der Waals surface area contributed by atoms with Crippen LogP contribution >= 0.6 is 0 Å². The summed E-state index contributed by atoms with van der Waals surface area (Å²) in [6, 6.07) is 15.5. The molecule has 3 aromatic carbocycles. The van der Waals surface area contributed by atoms with Crippen LogP contribution in [0.5, 0.6) is 0 Å². The number of nitrogens with two attached hydrogens (primary N) is 1. The summed E-state index contributed by atoms with van der Waals surface area (Å²) in [4.78, 5) is 8.94. The van der Waals surface area contributed by atoms with Gasteiger partial charge in [-0.1, -0.05) is 30.3 Å². The molecule has 0 fully saturated rings. The van der Waals surface area contributed by atoms with Gasteiger partial charge in [0.15, 0.2) is 11.6 Å². The fourth-order valence-electron chi connectivity index (χ4n) is 4.68. The lowest BCUT2D eigenvalue weighted by molar-refractivity contribution is 0.00453. The van der Waals surface area contributed by atoms with Crippen LogP contribution in [0.15, 0.2) is 54.6 Å². The maximum Gasteiger partial charge on any atom is 0.220 e. The number of benzene rings is 3. The molecule has 0 saturated carbocycles. The third-order valence-electron chi connectivity index (χ3n) is 6.49. The Morgan fingerprint density at radius 1 is 0.872 bits per heavy atom. The highest BCUT2D eigenvalue weighted by Crippen LogP contribution is 2.37. The maximum atomic E-state index is 14.4. The highest BCUT2D eigenvalue weighted by Gasteiger charge is 2.28. The predicted octanol–water partition coefficient (Wildman–Crippen LogP) is 3.91. The molecule has 0 amide bonds. The van der Waals surface area contributed by atoms with E-state index in [9.17, 15) is 8.78 Å². The van der Waals surface area contributed by atoms with E-state index in [1.165, 1.54) is 6.07 Å². The molecule has 3 N–H and O–H groups in total. The Kier molecular flexibility index (Phi) is 8.70. The van der Waals surface area contributed by atoms with E-state index in [1.54, 1.807) is 12.1 Å². The van der Waals surface area contributed by atoms with Gasteiger partial charge in [0, 0.05) is 11.9 Å². The third kappa shape index (κ3) is 6.21. The highest BCUT2D eigenvalue weighted by molar-refractivity contribution is 5.88. The summed E-state index contributed by atoms with van der Waals surface area (Å²) in [5, 5.41) is 14.2. The topological polar surface area (TPSA) is 114 Å². The average molecular weight is 536 g/mol. The number of hydrogen-bond donors (Lipinski definition) is 2. The molecule has 0 spiro atoms. The molecule has 0 aliphatic carbocycles. The van der Waals surface area contributed by atoms with Crippen molar-refractivity contribution in [3.8, 4) is 11.1 Å². The molecule has 1 aromatic heterocycles. The first kappa shape index (κ1) is 27.0. The number of nitrogen functional groups attached to an aromatic ring is 1. The molecule has 8 nitrogen and oxygen atoms in total. The number of halogens is 2. The average Bonchev–Trinajstić information content (AvgIpc) is 3.37. The van der Waals surface area contributed by atoms with Gasteiger partial charge in [-0.3, -0.25) is 0 Å². The number of rotatable bonds is 12. The van der Waals surface area contributed by atoms with E-state index in [-0.39, 0.29) is 38.4 Å². The lowest BCUT2D eigenvalue weighted by Gasteiger charge is -2.16. The van der Waals surface area contributed by atoms with Gasteiger partial charge in [-0.25, -0.2) is 24.1 Å². The minimum absolute atomic E-state index is 0.0385. The van der Waals surface area contributed by atoms with Crippen LogP contribution in [0.4, 0.5) is 14.7 Å². The zero-order valence-corrected chi connectivity index (χ0v) is 21.3. The van der Waals surface area contributed by atoms with E-state index < -0.39 is 11.6 Å². The quantitative estimate of drug-likeness (QED) is 0.265. The van der Waals surface area contributed by atoms with Crippen LogP contribution in [0.25, 0.3) is 22.0 Å². The molecule has 1 atom stereocenters. The number of fused-ring (bicyclic) bond motifs is 2. The van der Waals surface area contributed by atoms with Crippen LogP contribution in [0.2, 0.25) is 0 Å². The first-order chi connectivity index (χ1) is 19.0. The molecule has 10 heteroatoms. The van der Waals surface area contributed by atoms with Gasteiger partial charge >= 0.3 is 0 Å². The molecule has 1 aliphatic rings. The standard InChI is InChI=1S/C29H29F2N4O4/c30-24-14-20(17-39-12-11-38-10-9-37-8-7-36)22(15-25(24)31)18-5-6-26-23(13-18)28(35-29(32)34-26)27-21-4-2-1-3-19(21)16-33-27/h1-6,13-15,27,36H,7-12,16-17H2,(H2,32,34,35). The van der Waals surface area contributed by atoms with E-state index in [1.807, 2.05) is 30.3 Å². The smallest absolute Gasteiger partial charge is 0.220 e. The van der Waals surface area contributed by atoms with Crippen molar-refractivity contribution in [2.75, 3.05) is 45.4 Å². The maximum absolute atomic E-state index is 14.4. The number of aliphatic hydroxyl groups is 1. The first-order valence-electron chi connectivity index (χ1n) is 12.7. The van der Waals surface area contributed by atoms with Crippen LogP contribution in [0.1, 0.15) is 28.4 Å². The molecule has 1 aliphatic heterocycles. The molecule has 4 aromatic rings. The van der Waals surface area contributed by atoms with E-state index in [4.69, 9.17) is 30.4 Å². The molecule has 0 saturated heterocycles. The van der Waals surface area contributed by atoms with Crippen LogP contribution < -0.4 is 11.1 Å². The zero-order valence-electron chi connectivity index (χ0n) is 21.3. The highest BCUT2D eigenvalue weighted by atomic mass is 19.2. The molecule has 203 valence electrons. The van der Waals surface area contributed by atoms with Crippen molar-refractivity contribution in [2.24, 2.45) is 0 Å². The van der Waals surface area contributed by atoms with Gasteiger partial charge in [-0.05, 0) is 52.1 Å². The minimum Gasteiger partial charge on any atom is -0.394 e. The van der Waals surface area contributed by atoms with Gasteiger partial charge in [-0.2, -0.15) is 0 Å². The van der Waals surface area contributed by atoms with Gasteiger partial charge in [-0.15, -0.1) is 0 Å². The molecular formula is C29H29F2N4O4. The fraction of sp³-hybridized carbons (Fsp3) is 0.310. The molecular weight excluding hydrogens is 506 g/mol. The van der Waals surface area contributed by atoms with Crippen molar-refractivity contribution in [1.82, 2.24) is 15.3 Å².